The van der Waals surface area contributed by atoms with E-state index in [1.54, 1.807) is 12.1 Å². The van der Waals surface area contributed by atoms with Crippen LogP contribution in [0.5, 0.6) is 0 Å². The zero-order valence-corrected chi connectivity index (χ0v) is 13.2. The van der Waals surface area contributed by atoms with E-state index in [0.29, 0.717) is 18.1 Å². The molecule has 5 nitrogen and oxygen atoms in total. The maximum atomic E-state index is 12.8. The third-order valence-electron chi connectivity index (χ3n) is 4.78. The number of nitrogens with zero attached hydrogens (tertiary/aromatic N) is 1. The number of carbonyl (C=O) groups excluding carboxylic acids is 2. The Bertz CT molecular complexity index is 564. The van der Waals surface area contributed by atoms with Crippen molar-refractivity contribution in [2.45, 2.75) is 19.3 Å². The first-order valence-corrected chi connectivity index (χ1v) is 8.29. The zero-order chi connectivity index (χ0) is 16.2. The number of rotatable bonds is 4. The Morgan fingerprint density at radius 1 is 1.17 bits per heavy atom. The first-order chi connectivity index (χ1) is 11.1. The number of piperazine rings is 1. The quantitative estimate of drug-likeness (QED) is 0.838. The Kier molecular flexibility index (Phi) is 4.91. The SMILES string of the molecule is O=C(C[NH+]1CCN(C(=O)C2CCC2)CC1)Nc1ccc(F)cc1. The molecule has 0 atom stereocenters. The number of benzene rings is 1. The van der Waals surface area contributed by atoms with Crippen molar-refractivity contribution in [2.75, 3.05) is 38.0 Å². The topological polar surface area (TPSA) is 53.9 Å². The van der Waals surface area contributed by atoms with Crippen molar-refractivity contribution >= 4 is 17.5 Å². The van der Waals surface area contributed by atoms with Crippen LogP contribution in [0.15, 0.2) is 24.3 Å². The van der Waals surface area contributed by atoms with E-state index >= 15 is 0 Å². The number of halogens is 1. The number of quaternary nitrogens is 1. The monoisotopic (exact) mass is 320 g/mol. The van der Waals surface area contributed by atoms with Crippen LogP contribution in [0.4, 0.5) is 10.1 Å². The van der Waals surface area contributed by atoms with E-state index < -0.39 is 0 Å². The summed E-state index contributed by atoms with van der Waals surface area (Å²) in [5.74, 6) is 0.149. The maximum Gasteiger partial charge on any atom is 0.279 e. The van der Waals surface area contributed by atoms with Gasteiger partial charge >= 0.3 is 0 Å². The molecule has 0 bridgehead atoms. The molecule has 0 unspecified atom stereocenters. The molecule has 0 radical (unpaired) electrons. The van der Waals surface area contributed by atoms with Crippen LogP contribution in [0.3, 0.4) is 0 Å². The first-order valence-electron chi connectivity index (χ1n) is 8.29. The third-order valence-corrected chi connectivity index (χ3v) is 4.78. The number of amides is 2. The second kappa shape index (κ2) is 7.08. The standard InChI is InChI=1S/C17H22FN3O2/c18-14-4-6-15(7-5-14)19-16(22)12-20-8-10-21(11-9-20)17(23)13-2-1-3-13/h4-7,13H,1-3,8-12H2,(H,19,22)/p+1. The summed E-state index contributed by atoms with van der Waals surface area (Å²) in [6.45, 7) is 3.44. The van der Waals surface area contributed by atoms with Crippen LogP contribution in [-0.2, 0) is 9.59 Å². The molecule has 2 amide bonds. The summed E-state index contributed by atoms with van der Waals surface area (Å²) in [6, 6.07) is 5.76. The van der Waals surface area contributed by atoms with Gasteiger partial charge in [-0.2, -0.15) is 0 Å². The van der Waals surface area contributed by atoms with Gasteiger partial charge in [-0.15, -0.1) is 0 Å². The molecule has 1 aliphatic heterocycles. The molecular weight excluding hydrogens is 297 g/mol. The summed E-state index contributed by atoms with van der Waals surface area (Å²) >= 11 is 0. The van der Waals surface area contributed by atoms with E-state index in [4.69, 9.17) is 0 Å². The molecule has 2 aliphatic rings. The lowest BCUT2D eigenvalue weighted by atomic mass is 9.84. The minimum atomic E-state index is -0.319. The Hall–Kier alpha value is -1.95. The third kappa shape index (κ3) is 4.07. The molecule has 1 aromatic carbocycles. The van der Waals surface area contributed by atoms with Crippen molar-refractivity contribution in [2.24, 2.45) is 5.92 Å². The summed E-state index contributed by atoms with van der Waals surface area (Å²) in [5, 5.41) is 2.78. The molecule has 1 aliphatic carbocycles. The lowest BCUT2D eigenvalue weighted by Gasteiger charge is -2.36. The highest BCUT2D eigenvalue weighted by Gasteiger charge is 2.32. The first kappa shape index (κ1) is 15.9. The van der Waals surface area contributed by atoms with Crippen molar-refractivity contribution in [3.63, 3.8) is 0 Å². The van der Waals surface area contributed by atoms with Crippen LogP contribution < -0.4 is 10.2 Å². The second-order valence-electron chi connectivity index (χ2n) is 6.43. The lowest BCUT2D eigenvalue weighted by molar-refractivity contribution is -0.895. The molecule has 1 aromatic rings. The second-order valence-corrected chi connectivity index (χ2v) is 6.43. The van der Waals surface area contributed by atoms with Gasteiger partial charge in [0.15, 0.2) is 6.54 Å². The van der Waals surface area contributed by atoms with Gasteiger partial charge in [-0.3, -0.25) is 9.59 Å². The summed E-state index contributed by atoms with van der Waals surface area (Å²) in [6.07, 6.45) is 3.24. The molecular formula is C17H23FN3O2+. The van der Waals surface area contributed by atoms with E-state index in [0.717, 1.165) is 39.0 Å². The van der Waals surface area contributed by atoms with Crippen LogP contribution in [0.2, 0.25) is 0 Å². The largest absolute Gasteiger partial charge is 0.331 e. The van der Waals surface area contributed by atoms with Gasteiger partial charge < -0.3 is 15.1 Å². The van der Waals surface area contributed by atoms with E-state index in [-0.39, 0.29) is 17.6 Å². The van der Waals surface area contributed by atoms with Gasteiger partial charge in [-0.1, -0.05) is 6.42 Å². The van der Waals surface area contributed by atoms with Crippen LogP contribution in [0, 0.1) is 11.7 Å². The molecule has 0 aromatic heterocycles. The highest BCUT2D eigenvalue weighted by molar-refractivity contribution is 5.91. The fourth-order valence-electron chi connectivity index (χ4n) is 3.10. The predicted molar refractivity (Wildman–Crippen MR) is 84.5 cm³/mol. The van der Waals surface area contributed by atoms with Crippen LogP contribution in [-0.4, -0.2) is 49.4 Å². The van der Waals surface area contributed by atoms with E-state index in [2.05, 4.69) is 5.32 Å². The Morgan fingerprint density at radius 3 is 2.39 bits per heavy atom. The van der Waals surface area contributed by atoms with Gasteiger partial charge in [0, 0.05) is 11.6 Å². The van der Waals surface area contributed by atoms with Crippen LogP contribution in [0.1, 0.15) is 19.3 Å². The van der Waals surface area contributed by atoms with Crippen molar-refractivity contribution in [3.8, 4) is 0 Å². The van der Waals surface area contributed by atoms with E-state index in [1.165, 1.54) is 23.5 Å². The Balaban J connectivity index is 1.42. The number of anilines is 1. The fraction of sp³-hybridized carbons (Fsp3) is 0.529. The molecule has 1 saturated carbocycles. The average Bonchev–Trinajstić information content (AvgIpc) is 2.48. The van der Waals surface area contributed by atoms with Gasteiger partial charge in [0.2, 0.25) is 5.91 Å². The van der Waals surface area contributed by atoms with Crippen LogP contribution >= 0.6 is 0 Å². The number of carbonyl (C=O) groups is 2. The highest BCUT2D eigenvalue weighted by Crippen LogP contribution is 2.28. The number of hydrogen-bond acceptors (Lipinski definition) is 2. The summed E-state index contributed by atoms with van der Waals surface area (Å²) in [4.78, 5) is 27.4. The normalized spacial score (nSPS) is 19.3. The lowest BCUT2D eigenvalue weighted by Crippen LogP contribution is -3.15. The molecule has 2 fully saturated rings. The molecule has 2 N–H and O–H groups in total. The number of nitrogens with one attached hydrogen (secondary N) is 2. The highest BCUT2D eigenvalue weighted by atomic mass is 19.1. The van der Waals surface area contributed by atoms with Gasteiger partial charge in [0.05, 0.1) is 26.2 Å². The molecule has 6 heteroatoms. The van der Waals surface area contributed by atoms with Gasteiger partial charge in [0.1, 0.15) is 5.82 Å². The summed E-state index contributed by atoms with van der Waals surface area (Å²) in [7, 11) is 0. The summed E-state index contributed by atoms with van der Waals surface area (Å²) < 4.78 is 12.8. The zero-order valence-electron chi connectivity index (χ0n) is 13.2. The van der Waals surface area contributed by atoms with Crippen molar-refractivity contribution in [1.29, 1.82) is 0 Å². The Labute approximate surface area is 135 Å². The predicted octanol–water partition coefficient (Wildman–Crippen LogP) is 0.291. The van der Waals surface area contributed by atoms with Crippen molar-refractivity contribution in [3.05, 3.63) is 30.1 Å². The van der Waals surface area contributed by atoms with Crippen molar-refractivity contribution in [1.82, 2.24) is 4.90 Å². The van der Waals surface area contributed by atoms with Gasteiger partial charge in [-0.25, -0.2) is 4.39 Å². The maximum absolute atomic E-state index is 12.8. The average molecular weight is 320 g/mol. The van der Waals surface area contributed by atoms with E-state index in [9.17, 15) is 14.0 Å². The Morgan fingerprint density at radius 2 is 1.83 bits per heavy atom. The smallest absolute Gasteiger partial charge is 0.279 e. The molecule has 1 heterocycles. The molecule has 23 heavy (non-hydrogen) atoms. The number of hydrogen-bond donors (Lipinski definition) is 2. The summed E-state index contributed by atoms with van der Waals surface area (Å²) in [5.41, 5.74) is 0.606. The molecule has 0 spiro atoms. The molecule has 124 valence electrons. The molecule has 1 saturated heterocycles. The van der Waals surface area contributed by atoms with Crippen molar-refractivity contribution < 1.29 is 18.9 Å². The minimum Gasteiger partial charge on any atom is -0.331 e. The minimum absolute atomic E-state index is 0.0784. The fourth-order valence-corrected chi connectivity index (χ4v) is 3.10. The van der Waals surface area contributed by atoms with E-state index in [1.807, 2.05) is 4.90 Å². The van der Waals surface area contributed by atoms with Crippen LogP contribution in [0.25, 0.3) is 0 Å². The molecule has 3 rings (SSSR count). The van der Waals surface area contributed by atoms with Gasteiger partial charge in [-0.05, 0) is 37.1 Å². The van der Waals surface area contributed by atoms with Gasteiger partial charge in [0.25, 0.3) is 5.91 Å².